The van der Waals surface area contributed by atoms with E-state index in [4.69, 9.17) is 9.47 Å². The number of amides is 2. The molecule has 1 unspecified atom stereocenters. The van der Waals surface area contributed by atoms with Crippen molar-refractivity contribution in [1.29, 1.82) is 5.26 Å². The number of aromatic hydroxyl groups is 2. The number of ether oxygens (including phenoxy) is 2. The number of piperazine rings is 1. The summed E-state index contributed by atoms with van der Waals surface area (Å²) in [6.45, 7) is 13.2. The van der Waals surface area contributed by atoms with Crippen molar-refractivity contribution in [1.82, 2.24) is 20.4 Å². The number of hydrogen-bond acceptors (Lipinski definition) is 9. The second-order valence-electron chi connectivity index (χ2n) is 13.9. The van der Waals surface area contributed by atoms with Crippen LogP contribution in [-0.4, -0.2) is 76.4 Å². The number of benzene rings is 2. The SMILES string of the molecule is Cc1cc2c(c(O)c1C)[C@@H]1C3Cc4c(O)c(C)c5c(c4[C@H](CNC(=O)[C@H](C)NC(=O)[C@@H](C)C(C)C)N3[C@@H](C#N)[C@H](C2)N1C)OCO5. The number of rotatable bonds is 6. The summed E-state index contributed by atoms with van der Waals surface area (Å²) >= 11 is 0. The van der Waals surface area contributed by atoms with E-state index in [1.54, 1.807) is 13.8 Å². The molecular weight excluding hydrogens is 586 g/mol. The number of nitrogens with one attached hydrogen (secondary N) is 2. The highest BCUT2D eigenvalue weighted by Crippen LogP contribution is 2.57. The minimum absolute atomic E-state index is 0.00121. The van der Waals surface area contributed by atoms with Gasteiger partial charge >= 0.3 is 0 Å². The number of phenolic OH excluding ortho intramolecular Hbond substituents is 2. The maximum Gasteiger partial charge on any atom is 0.242 e. The average Bonchev–Trinajstić information content (AvgIpc) is 3.51. The molecule has 2 bridgehead atoms. The molecule has 6 rings (SSSR count). The molecule has 2 amide bonds. The number of carbonyl (C=O) groups is 2. The normalized spacial score (nSPS) is 26.0. The molecule has 11 nitrogen and oxygen atoms in total. The Kier molecular flexibility index (Phi) is 8.10. The Hall–Kier alpha value is -4.01. The fourth-order valence-corrected chi connectivity index (χ4v) is 7.97. The fourth-order valence-electron chi connectivity index (χ4n) is 7.97. The molecule has 4 aliphatic rings. The molecule has 2 aromatic rings. The minimum atomic E-state index is -0.780. The standard InChI is InChI=1S/C35H45N5O6/c1-15(2)17(4)34(43)38-20(7)35(44)37-13-26-28-22(30(41)19(6)32-33(28)46-14-45-32)11-24-29-27-21(9-16(3)18(5)31(27)42)10-23(39(29)8)25(12-36)40(24)26/h9,15,17,20,23-26,29,41-42H,10-11,13-14H2,1-8H3,(H,37,44)(H,38,43)/t17-,20-,23-,24?,25-,26-,29-/m0/s1. The van der Waals surface area contributed by atoms with Crippen molar-refractivity contribution in [2.24, 2.45) is 11.8 Å². The van der Waals surface area contributed by atoms with Crippen LogP contribution in [0.5, 0.6) is 23.0 Å². The summed E-state index contributed by atoms with van der Waals surface area (Å²) in [4.78, 5) is 30.6. The molecule has 0 radical (unpaired) electrons. The second-order valence-corrected chi connectivity index (χ2v) is 13.9. The molecule has 1 saturated heterocycles. The lowest BCUT2D eigenvalue weighted by molar-refractivity contribution is -0.131. The van der Waals surface area contributed by atoms with Gasteiger partial charge in [-0.25, -0.2) is 0 Å². The van der Waals surface area contributed by atoms with Crippen molar-refractivity contribution in [3.05, 3.63) is 45.0 Å². The number of phenols is 2. The van der Waals surface area contributed by atoms with Gasteiger partial charge in [-0.2, -0.15) is 5.26 Å². The lowest BCUT2D eigenvalue weighted by Gasteiger charge is -2.60. The van der Waals surface area contributed by atoms with Crippen LogP contribution >= 0.6 is 0 Å². The van der Waals surface area contributed by atoms with Gasteiger partial charge in [0.1, 0.15) is 23.6 Å². The molecule has 0 aromatic heterocycles. The highest BCUT2D eigenvalue weighted by Gasteiger charge is 2.56. The van der Waals surface area contributed by atoms with E-state index < -0.39 is 18.1 Å². The summed E-state index contributed by atoms with van der Waals surface area (Å²) in [5.74, 6) is 0.694. The van der Waals surface area contributed by atoms with Crippen LogP contribution < -0.4 is 20.1 Å². The topological polar surface area (TPSA) is 147 Å². The predicted octanol–water partition coefficient (Wildman–Crippen LogP) is 3.44. The molecule has 46 heavy (non-hydrogen) atoms. The van der Waals surface area contributed by atoms with E-state index >= 15 is 0 Å². The van der Waals surface area contributed by atoms with Crippen LogP contribution in [0.4, 0.5) is 0 Å². The number of nitrogens with zero attached hydrogens (tertiary/aromatic N) is 3. The molecule has 11 heteroatoms. The Balaban J connectivity index is 1.44. The molecule has 2 aromatic carbocycles. The molecule has 246 valence electrons. The van der Waals surface area contributed by atoms with Gasteiger partial charge in [0, 0.05) is 46.8 Å². The summed E-state index contributed by atoms with van der Waals surface area (Å²) < 4.78 is 11.8. The van der Waals surface area contributed by atoms with Gasteiger partial charge in [0.25, 0.3) is 0 Å². The summed E-state index contributed by atoms with van der Waals surface area (Å²) in [5, 5.41) is 39.8. The summed E-state index contributed by atoms with van der Waals surface area (Å²) in [6.07, 6.45) is 0.979. The van der Waals surface area contributed by atoms with Crippen LogP contribution in [0.3, 0.4) is 0 Å². The van der Waals surface area contributed by atoms with Crippen molar-refractivity contribution in [3.8, 4) is 29.1 Å². The van der Waals surface area contributed by atoms with Gasteiger partial charge in [-0.3, -0.25) is 19.4 Å². The van der Waals surface area contributed by atoms with Gasteiger partial charge in [-0.05, 0) is 70.2 Å². The van der Waals surface area contributed by atoms with Gasteiger partial charge in [0.15, 0.2) is 11.5 Å². The molecule has 4 aliphatic heterocycles. The zero-order chi connectivity index (χ0) is 33.4. The van der Waals surface area contributed by atoms with E-state index in [-0.39, 0.29) is 66.6 Å². The van der Waals surface area contributed by atoms with E-state index in [0.717, 1.165) is 22.3 Å². The molecule has 0 aliphatic carbocycles. The van der Waals surface area contributed by atoms with Crippen molar-refractivity contribution in [3.63, 3.8) is 0 Å². The van der Waals surface area contributed by atoms with E-state index in [1.165, 1.54) is 0 Å². The third-order valence-corrected chi connectivity index (χ3v) is 11.1. The zero-order valence-corrected chi connectivity index (χ0v) is 27.9. The highest BCUT2D eigenvalue weighted by atomic mass is 16.7. The van der Waals surface area contributed by atoms with E-state index in [0.29, 0.717) is 41.0 Å². The summed E-state index contributed by atoms with van der Waals surface area (Å²) in [6, 6.07) is 2.05. The van der Waals surface area contributed by atoms with E-state index in [1.807, 2.05) is 41.7 Å². The van der Waals surface area contributed by atoms with Crippen LogP contribution in [-0.2, 0) is 22.4 Å². The minimum Gasteiger partial charge on any atom is -0.507 e. The largest absolute Gasteiger partial charge is 0.507 e. The van der Waals surface area contributed by atoms with E-state index in [2.05, 4.69) is 32.6 Å². The Bertz CT molecular complexity index is 1650. The smallest absolute Gasteiger partial charge is 0.242 e. The first-order valence-corrected chi connectivity index (χ1v) is 16.2. The quantitative estimate of drug-likeness (QED) is 0.377. The average molecular weight is 632 g/mol. The van der Waals surface area contributed by atoms with Crippen molar-refractivity contribution < 1.29 is 29.3 Å². The van der Waals surface area contributed by atoms with Crippen molar-refractivity contribution in [2.45, 2.75) is 97.6 Å². The van der Waals surface area contributed by atoms with Crippen LogP contribution in [0.2, 0.25) is 0 Å². The first-order valence-electron chi connectivity index (χ1n) is 16.2. The summed E-state index contributed by atoms with van der Waals surface area (Å²) in [5.41, 5.74) is 5.68. The first-order chi connectivity index (χ1) is 21.8. The molecule has 0 saturated carbocycles. The third kappa shape index (κ3) is 4.76. The lowest BCUT2D eigenvalue weighted by Crippen LogP contribution is -2.69. The van der Waals surface area contributed by atoms with Gasteiger partial charge < -0.3 is 30.3 Å². The van der Waals surface area contributed by atoms with Crippen LogP contribution in [0.15, 0.2) is 6.07 Å². The number of nitriles is 1. The molecule has 1 fully saturated rings. The fraction of sp³-hybridized carbons (Fsp3) is 0.571. The van der Waals surface area contributed by atoms with Gasteiger partial charge in [0.05, 0.1) is 18.2 Å². The van der Waals surface area contributed by atoms with Crippen LogP contribution in [0.25, 0.3) is 0 Å². The summed E-state index contributed by atoms with van der Waals surface area (Å²) in [7, 11) is 2.01. The lowest BCUT2D eigenvalue weighted by atomic mass is 9.71. The monoisotopic (exact) mass is 631 g/mol. The second kappa shape index (κ2) is 11.7. The first kappa shape index (κ1) is 32.0. The van der Waals surface area contributed by atoms with Crippen LogP contribution in [0.1, 0.15) is 78.7 Å². The van der Waals surface area contributed by atoms with Crippen LogP contribution in [0, 0.1) is 43.9 Å². The van der Waals surface area contributed by atoms with E-state index in [9.17, 15) is 25.1 Å². The maximum absolute atomic E-state index is 13.5. The Labute approximate surface area is 270 Å². The highest BCUT2D eigenvalue weighted by molar-refractivity contribution is 5.88. The number of hydrogen-bond donors (Lipinski definition) is 4. The number of carbonyl (C=O) groups excluding carboxylic acids is 2. The third-order valence-electron chi connectivity index (χ3n) is 11.1. The maximum atomic E-state index is 13.5. The number of aryl methyl sites for hydroxylation is 1. The van der Waals surface area contributed by atoms with Gasteiger partial charge in [-0.1, -0.05) is 26.8 Å². The molecule has 4 N–H and O–H groups in total. The Morgan fingerprint density at radius 2 is 1.70 bits per heavy atom. The molecule has 4 heterocycles. The zero-order valence-electron chi connectivity index (χ0n) is 27.9. The predicted molar refractivity (Wildman–Crippen MR) is 171 cm³/mol. The number of fused-ring (bicyclic) bond motifs is 9. The molecular formula is C35H45N5O6. The van der Waals surface area contributed by atoms with Gasteiger partial charge in [-0.15, -0.1) is 0 Å². The Morgan fingerprint density at radius 3 is 2.37 bits per heavy atom. The van der Waals surface area contributed by atoms with Crippen molar-refractivity contribution in [2.75, 3.05) is 20.4 Å². The van der Waals surface area contributed by atoms with Crippen molar-refractivity contribution >= 4 is 11.8 Å². The van der Waals surface area contributed by atoms with Gasteiger partial charge in [0.2, 0.25) is 18.6 Å². The number of likely N-dealkylation sites (N-methyl/N-ethyl adjacent to an activating group) is 1. The molecule has 0 spiro atoms. The Morgan fingerprint density at radius 1 is 1.00 bits per heavy atom. The molecule has 7 atom stereocenters.